The van der Waals surface area contributed by atoms with Crippen LogP contribution in [0.1, 0.15) is 53.4 Å². The van der Waals surface area contributed by atoms with Gasteiger partial charge in [0.15, 0.2) is 0 Å². The lowest BCUT2D eigenvalue weighted by molar-refractivity contribution is -0.102. The Kier molecular flexibility index (Phi) is 6.78. The Labute approximate surface area is 117 Å². The molecule has 0 bridgehead atoms. The zero-order chi connectivity index (χ0) is 14.3. The molecular weight excluding hydrogens is 240 g/mol. The van der Waals surface area contributed by atoms with Crippen molar-refractivity contribution >= 4 is 0 Å². The van der Waals surface area contributed by atoms with E-state index in [9.17, 15) is 0 Å². The SMILES string of the molecule is CCNC(C)(C#N)CCCOC1CC(C)OC(C)C1. The fourth-order valence-corrected chi connectivity index (χ4v) is 2.73. The van der Waals surface area contributed by atoms with Crippen LogP contribution in [0.3, 0.4) is 0 Å². The van der Waals surface area contributed by atoms with E-state index in [0.29, 0.717) is 18.3 Å². The van der Waals surface area contributed by atoms with E-state index in [1.54, 1.807) is 0 Å². The van der Waals surface area contributed by atoms with Gasteiger partial charge in [-0.3, -0.25) is 5.32 Å². The van der Waals surface area contributed by atoms with Gasteiger partial charge in [0.2, 0.25) is 0 Å². The Balaban J connectivity index is 2.21. The van der Waals surface area contributed by atoms with Gasteiger partial charge in [-0.15, -0.1) is 0 Å². The Morgan fingerprint density at radius 1 is 1.37 bits per heavy atom. The molecule has 3 unspecified atom stereocenters. The second-order valence-electron chi connectivity index (χ2n) is 5.80. The Morgan fingerprint density at radius 3 is 2.53 bits per heavy atom. The highest BCUT2D eigenvalue weighted by Crippen LogP contribution is 2.22. The fourth-order valence-electron chi connectivity index (χ4n) is 2.73. The number of nitrogens with one attached hydrogen (secondary N) is 1. The Bertz CT molecular complexity index is 293. The molecule has 19 heavy (non-hydrogen) atoms. The van der Waals surface area contributed by atoms with Crippen molar-refractivity contribution in [3.05, 3.63) is 0 Å². The molecule has 0 saturated carbocycles. The fraction of sp³-hybridized carbons (Fsp3) is 0.933. The number of hydrogen-bond acceptors (Lipinski definition) is 4. The molecule has 0 aromatic heterocycles. The van der Waals surface area contributed by atoms with Crippen molar-refractivity contribution in [3.63, 3.8) is 0 Å². The van der Waals surface area contributed by atoms with Crippen molar-refractivity contribution in [2.45, 2.75) is 77.2 Å². The second-order valence-corrected chi connectivity index (χ2v) is 5.80. The van der Waals surface area contributed by atoms with Crippen LogP contribution in [0.25, 0.3) is 0 Å². The number of nitrogens with zero attached hydrogens (tertiary/aromatic N) is 1. The molecule has 0 aliphatic carbocycles. The molecule has 3 atom stereocenters. The van der Waals surface area contributed by atoms with E-state index < -0.39 is 5.54 Å². The summed E-state index contributed by atoms with van der Waals surface area (Å²) in [5.41, 5.74) is -0.422. The van der Waals surface area contributed by atoms with Crippen LogP contribution in [0.2, 0.25) is 0 Å². The highest BCUT2D eigenvalue weighted by molar-refractivity contribution is 5.03. The minimum atomic E-state index is -0.422. The number of rotatable bonds is 7. The number of hydrogen-bond donors (Lipinski definition) is 1. The minimum Gasteiger partial charge on any atom is -0.378 e. The van der Waals surface area contributed by atoms with Gasteiger partial charge in [-0.25, -0.2) is 0 Å². The van der Waals surface area contributed by atoms with Gasteiger partial charge in [-0.1, -0.05) is 6.92 Å². The first kappa shape index (κ1) is 16.4. The average molecular weight is 268 g/mol. The summed E-state index contributed by atoms with van der Waals surface area (Å²) in [5.74, 6) is 0. The molecule has 110 valence electrons. The molecular formula is C15H28N2O2. The molecule has 1 aliphatic heterocycles. The number of ether oxygens (including phenoxy) is 2. The topological polar surface area (TPSA) is 54.3 Å². The highest BCUT2D eigenvalue weighted by atomic mass is 16.5. The largest absolute Gasteiger partial charge is 0.378 e. The van der Waals surface area contributed by atoms with Crippen LogP contribution in [0.15, 0.2) is 0 Å². The van der Waals surface area contributed by atoms with Crippen LogP contribution in [0.5, 0.6) is 0 Å². The molecule has 1 aliphatic rings. The Hall–Kier alpha value is -0.630. The zero-order valence-corrected chi connectivity index (χ0v) is 12.7. The summed E-state index contributed by atoms with van der Waals surface area (Å²) in [5, 5.41) is 12.4. The summed E-state index contributed by atoms with van der Waals surface area (Å²) in [6.45, 7) is 9.73. The van der Waals surface area contributed by atoms with Gasteiger partial charge in [0.25, 0.3) is 0 Å². The standard InChI is InChI=1S/C15H28N2O2/c1-5-17-15(4,11-16)7-6-8-18-14-9-12(2)19-13(3)10-14/h12-14,17H,5-10H2,1-4H3. The van der Waals surface area contributed by atoms with Crippen LogP contribution >= 0.6 is 0 Å². The molecule has 0 aromatic rings. The lowest BCUT2D eigenvalue weighted by Crippen LogP contribution is -2.41. The molecule has 0 radical (unpaired) electrons. The van der Waals surface area contributed by atoms with Crippen molar-refractivity contribution in [2.24, 2.45) is 0 Å². The average Bonchev–Trinajstić information content (AvgIpc) is 2.34. The molecule has 1 rings (SSSR count). The van der Waals surface area contributed by atoms with Crippen molar-refractivity contribution in [1.29, 1.82) is 5.26 Å². The summed E-state index contributed by atoms with van der Waals surface area (Å²) >= 11 is 0. The third-order valence-corrected chi connectivity index (χ3v) is 3.64. The van der Waals surface area contributed by atoms with Gasteiger partial charge in [0, 0.05) is 6.61 Å². The van der Waals surface area contributed by atoms with E-state index in [4.69, 9.17) is 14.7 Å². The lowest BCUT2D eigenvalue weighted by Gasteiger charge is -2.32. The van der Waals surface area contributed by atoms with Gasteiger partial charge in [0.05, 0.1) is 24.4 Å². The van der Waals surface area contributed by atoms with E-state index in [-0.39, 0.29) is 0 Å². The third-order valence-electron chi connectivity index (χ3n) is 3.64. The van der Waals surface area contributed by atoms with Gasteiger partial charge < -0.3 is 9.47 Å². The molecule has 1 fully saturated rings. The monoisotopic (exact) mass is 268 g/mol. The molecule has 1 saturated heterocycles. The highest BCUT2D eigenvalue weighted by Gasteiger charge is 2.25. The summed E-state index contributed by atoms with van der Waals surface area (Å²) in [6, 6.07) is 2.35. The second kappa shape index (κ2) is 7.84. The maximum Gasteiger partial charge on any atom is 0.104 e. The normalized spacial score (nSPS) is 30.6. The first-order valence-corrected chi connectivity index (χ1v) is 7.42. The van der Waals surface area contributed by atoms with Crippen LogP contribution in [-0.2, 0) is 9.47 Å². The lowest BCUT2D eigenvalue weighted by atomic mass is 9.98. The molecule has 4 nitrogen and oxygen atoms in total. The van der Waals surface area contributed by atoms with Crippen LogP contribution in [0.4, 0.5) is 0 Å². The zero-order valence-electron chi connectivity index (χ0n) is 12.7. The quantitative estimate of drug-likeness (QED) is 0.721. The van der Waals surface area contributed by atoms with E-state index in [1.807, 2.05) is 13.8 Å². The van der Waals surface area contributed by atoms with Gasteiger partial charge in [0.1, 0.15) is 5.54 Å². The van der Waals surface area contributed by atoms with Gasteiger partial charge in [-0.2, -0.15) is 5.26 Å². The first-order chi connectivity index (χ1) is 8.99. The first-order valence-electron chi connectivity index (χ1n) is 7.42. The van der Waals surface area contributed by atoms with Gasteiger partial charge >= 0.3 is 0 Å². The van der Waals surface area contributed by atoms with E-state index in [1.165, 1.54) is 0 Å². The molecule has 1 N–H and O–H groups in total. The Morgan fingerprint density at radius 2 is 2.00 bits per heavy atom. The third kappa shape index (κ3) is 5.90. The molecule has 0 amide bonds. The number of nitriles is 1. The maximum absolute atomic E-state index is 9.16. The molecule has 0 spiro atoms. The van der Waals surface area contributed by atoms with Crippen LogP contribution < -0.4 is 5.32 Å². The summed E-state index contributed by atoms with van der Waals surface area (Å²) in [4.78, 5) is 0. The summed E-state index contributed by atoms with van der Waals surface area (Å²) in [7, 11) is 0. The van der Waals surface area contributed by atoms with E-state index in [0.717, 1.165) is 38.8 Å². The molecule has 4 heteroatoms. The van der Waals surface area contributed by atoms with Crippen molar-refractivity contribution < 1.29 is 9.47 Å². The summed E-state index contributed by atoms with van der Waals surface area (Å²) < 4.78 is 11.6. The predicted molar refractivity (Wildman–Crippen MR) is 75.9 cm³/mol. The predicted octanol–water partition coefficient (Wildman–Crippen LogP) is 2.63. The maximum atomic E-state index is 9.16. The van der Waals surface area contributed by atoms with E-state index >= 15 is 0 Å². The van der Waals surface area contributed by atoms with Crippen molar-refractivity contribution in [2.75, 3.05) is 13.2 Å². The van der Waals surface area contributed by atoms with Crippen LogP contribution in [0, 0.1) is 11.3 Å². The van der Waals surface area contributed by atoms with Crippen LogP contribution in [-0.4, -0.2) is 37.0 Å². The van der Waals surface area contributed by atoms with Gasteiger partial charge in [-0.05, 0) is 53.0 Å². The smallest absolute Gasteiger partial charge is 0.104 e. The molecule has 1 heterocycles. The minimum absolute atomic E-state index is 0.292. The summed E-state index contributed by atoms with van der Waals surface area (Å²) in [6.07, 6.45) is 4.59. The molecule has 0 aromatic carbocycles. The van der Waals surface area contributed by atoms with Crippen molar-refractivity contribution in [3.8, 4) is 6.07 Å². The van der Waals surface area contributed by atoms with E-state index in [2.05, 4.69) is 25.2 Å². The van der Waals surface area contributed by atoms with Crippen molar-refractivity contribution in [1.82, 2.24) is 5.32 Å².